The smallest absolute Gasteiger partial charge is 0.264 e. The number of nitrogens with zero attached hydrogens (tertiary/aromatic N) is 2. The summed E-state index contributed by atoms with van der Waals surface area (Å²) in [6.45, 7) is 2.68. The minimum Gasteiger partial charge on any atom is -0.279 e. The molecule has 2 atom stereocenters. The van der Waals surface area contributed by atoms with Gasteiger partial charge in [-0.25, -0.2) is 14.2 Å². The number of halogens is 2. The molecule has 2 N–H and O–H groups in total. The second-order valence-electron chi connectivity index (χ2n) is 7.27. The highest BCUT2D eigenvalue weighted by atomic mass is 19.3. The Morgan fingerprint density at radius 1 is 1.30 bits per heavy atom. The lowest BCUT2D eigenvalue weighted by molar-refractivity contribution is -0.0282. The van der Waals surface area contributed by atoms with Gasteiger partial charge in [-0.2, -0.15) is 5.10 Å². The fourth-order valence-corrected chi connectivity index (χ4v) is 4.23. The van der Waals surface area contributed by atoms with Gasteiger partial charge >= 0.3 is 0 Å². The Morgan fingerprint density at radius 3 is 2.89 bits per heavy atom. The third kappa shape index (κ3) is 3.54. The number of aromatic nitrogens is 2. The van der Waals surface area contributed by atoms with Gasteiger partial charge in [0, 0.05) is 36.8 Å². The van der Waals surface area contributed by atoms with Crippen LogP contribution in [0.1, 0.15) is 48.3 Å². The number of alkyl halides is 2. The summed E-state index contributed by atoms with van der Waals surface area (Å²) >= 11 is 0. The molecule has 0 spiro atoms. The molecular weight excluding hydrogens is 350 g/mol. The molecule has 1 saturated heterocycles. The first-order valence-electron chi connectivity index (χ1n) is 9.29. The summed E-state index contributed by atoms with van der Waals surface area (Å²) in [5.74, 6) is -0.0291. The summed E-state index contributed by atoms with van der Waals surface area (Å²) in [5.41, 5.74) is 10.0. The van der Waals surface area contributed by atoms with Crippen molar-refractivity contribution in [3.8, 4) is 11.1 Å². The van der Waals surface area contributed by atoms with Crippen LogP contribution in [-0.2, 0) is 11.9 Å². The van der Waals surface area contributed by atoms with Crippen LogP contribution >= 0.6 is 0 Å². The number of allylic oxidation sites excluding steroid dienone is 1. The van der Waals surface area contributed by atoms with Gasteiger partial charge < -0.3 is 0 Å². The molecule has 0 bridgehead atoms. The molecule has 2 unspecified atom stereocenters. The third-order valence-electron chi connectivity index (χ3n) is 5.49. The van der Waals surface area contributed by atoms with E-state index in [1.807, 2.05) is 13.0 Å². The Morgan fingerprint density at radius 2 is 2.15 bits per heavy atom. The number of rotatable bonds is 3. The molecule has 2 aromatic rings. The van der Waals surface area contributed by atoms with Gasteiger partial charge in [0.25, 0.3) is 6.43 Å². The second kappa shape index (κ2) is 7.50. The lowest BCUT2D eigenvalue weighted by atomic mass is 9.78. The zero-order valence-corrected chi connectivity index (χ0v) is 15.5. The zero-order chi connectivity index (χ0) is 19.0. The molecule has 0 saturated carbocycles. The van der Waals surface area contributed by atoms with E-state index in [9.17, 15) is 8.78 Å². The van der Waals surface area contributed by atoms with E-state index in [2.05, 4.69) is 22.2 Å². The van der Waals surface area contributed by atoms with Crippen LogP contribution in [0.4, 0.5) is 8.78 Å². The highest BCUT2D eigenvalue weighted by Gasteiger charge is 2.31. The quantitative estimate of drug-likeness (QED) is 0.799. The standard InChI is InChI=1S/C20H24F2N4O/c1-12-3-5-16(15-10-24-26(2)11-15)19(20(21)22)18(12)14-4-6-17-13(9-14)7-8-23-25-27-17/h3,5,9-11,14,17,20,23,25H,4,6-8H2,1-2H3. The predicted molar refractivity (Wildman–Crippen MR) is 99.0 cm³/mol. The van der Waals surface area contributed by atoms with Crippen LogP contribution < -0.4 is 11.0 Å². The maximum atomic E-state index is 14.2. The SMILES string of the molecule is Cc1ccc(-c2cnn(C)c2)c(C(F)F)c1C1C=C2CCNNOC2CC1. The van der Waals surface area contributed by atoms with Crippen LogP contribution in [0, 0.1) is 6.92 Å². The summed E-state index contributed by atoms with van der Waals surface area (Å²) in [5, 5.41) is 4.15. The molecule has 5 nitrogen and oxygen atoms in total. The summed E-state index contributed by atoms with van der Waals surface area (Å²) in [4.78, 5) is 5.61. The number of benzene rings is 1. The molecule has 1 fully saturated rings. The maximum Gasteiger partial charge on any atom is 0.264 e. The van der Waals surface area contributed by atoms with Crippen molar-refractivity contribution in [2.24, 2.45) is 7.05 Å². The predicted octanol–water partition coefficient (Wildman–Crippen LogP) is 3.94. The van der Waals surface area contributed by atoms with Gasteiger partial charge in [-0.1, -0.05) is 18.2 Å². The number of fused-ring (bicyclic) bond motifs is 1. The summed E-state index contributed by atoms with van der Waals surface area (Å²) in [6, 6.07) is 3.74. The van der Waals surface area contributed by atoms with Crippen molar-refractivity contribution in [3.05, 3.63) is 52.9 Å². The van der Waals surface area contributed by atoms with E-state index in [-0.39, 0.29) is 17.6 Å². The Labute approximate surface area is 157 Å². The molecule has 27 heavy (non-hydrogen) atoms. The molecule has 2 heterocycles. The molecule has 0 radical (unpaired) electrons. The highest BCUT2D eigenvalue weighted by Crippen LogP contribution is 2.43. The van der Waals surface area contributed by atoms with E-state index in [1.165, 1.54) is 5.57 Å². The minimum absolute atomic E-state index is 0.00746. The average Bonchev–Trinajstić information content (AvgIpc) is 2.94. The molecule has 2 aliphatic rings. The normalized spacial score (nSPS) is 23.1. The van der Waals surface area contributed by atoms with Crippen LogP contribution in [0.15, 0.2) is 36.2 Å². The topological polar surface area (TPSA) is 51.1 Å². The van der Waals surface area contributed by atoms with Crippen molar-refractivity contribution < 1.29 is 13.6 Å². The van der Waals surface area contributed by atoms with Crippen LogP contribution in [-0.4, -0.2) is 22.4 Å². The molecule has 0 amide bonds. The number of hydrogen-bond donors (Lipinski definition) is 2. The van der Waals surface area contributed by atoms with E-state index in [0.717, 1.165) is 42.5 Å². The minimum atomic E-state index is -2.54. The fraction of sp³-hybridized carbons (Fsp3) is 0.450. The van der Waals surface area contributed by atoms with Crippen molar-refractivity contribution >= 4 is 0 Å². The monoisotopic (exact) mass is 374 g/mol. The van der Waals surface area contributed by atoms with Gasteiger partial charge in [0.2, 0.25) is 0 Å². The van der Waals surface area contributed by atoms with Gasteiger partial charge in [0.1, 0.15) is 6.10 Å². The van der Waals surface area contributed by atoms with E-state index in [0.29, 0.717) is 5.56 Å². The highest BCUT2D eigenvalue weighted by molar-refractivity contribution is 5.70. The Hall–Kier alpha value is -2.09. The van der Waals surface area contributed by atoms with Crippen molar-refractivity contribution in [2.45, 2.75) is 44.6 Å². The van der Waals surface area contributed by atoms with Crippen molar-refractivity contribution in [1.29, 1.82) is 0 Å². The van der Waals surface area contributed by atoms with Crippen LogP contribution in [0.25, 0.3) is 11.1 Å². The Kier molecular flexibility index (Phi) is 5.08. The number of hydrazine groups is 1. The zero-order valence-electron chi connectivity index (χ0n) is 15.5. The van der Waals surface area contributed by atoms with E-state index in [1.54, 1.807) is 30.2 Å². The van der Waals surface area contributed by atoms with E-state index >= 15 is 0 Å². The summed E-state index contributed by atoms with van der Waals surface area (Å²) in [6.07, 6.45) is 5.48. The van der Waals surface area contributed by atoms with Crippen molar-refractivity contribution in [2.75, 3.05) is 6.54 Å². The number of nitrogens with one attached hydrogen (secondary N) is 2. The van der Waals surface area contributed by atoms with E-state index in [4.69, 9.17) is 4.84 Å². The average molecular weight is 374 g/mol. The first kappa shape index (κ1) is 18.3. The van der Waals surface area contributed by atoms with Gasteiger partial charge in [-0.3, -0.25) is 9.52 Å². The van der Waals surface area contributed by atoms with Crippen LogP contribution in [0.2, 0.25) is 0 Å². The summed E-state index contributed by atoms with van der Waals surface area (Å²) < 4.78 is 30.1. The number of hydrogen-bond acceptors (Lipinski definition) is 4. The molecule has 1 aliphatic carbocycles. The van der Waals surface area contributed by atoms with Crippen molar-refractivity contribution in [1.82, 2.24) is 20.8 Å². The largest absolute Gasteiger partial charge is 0.279 e. The maximum absolute atomic E-state index is 14.2. The van der Waals surface area contributed by atoms with Gasteiger partial charge in [0.05, 0.1) is 6.20 Å². The molecule has 1 aliphatic heterocycles. The molecule has 4 rings (SSSR count). The van der Waals surface area contributed by atoms with Crippen LogP contribution in [0.5, 0.6) is 0 Å². The van der Waals surface area contributed by atoms with E-state index < -0.39 is 6.43 Å². The summed E-state index contributed by atoms with van der Waals surface area (Å²) in [7, 11) is 1.79. The lowest BCUT2D eigenvalue weighted by Gasteiger charge is -2.29. The van der Waals surface area contributed by atoms with Crippen LogP contribution in [0.3, 0.4) is 0 Å². The molecule has 7 heteroatoms. The van der Waals surface area contributed by atoms with Gasteiger partial charge in [-0.15, -0.1) is 5.59 Å². The molecule has 144 valence electrons. The molecular formula is C20H24F2N4O. The second-order valence-corrected chi connectivity index (χ2v) is 7.27. The first-order chi connectivity index (χ1) is 13.0. The third-order valence-corrected chi connectivity index (χ3v) is 5.49. The van der Waals surface area contributed by atoms with Gasteiger partial charge in [-0.05, 0) is 48.4 Å². The first-order valence-corrected chi connectivity index (χ1v) is 9.29. The fourth-order valence-electron chi connectivity index (χ4n) is 4.23. The molecule has 1 aromatic heterocycles. The number of aryl methyl sites for hydroxylation is 2. The Bertz CT molecular complexity index is 862. The molecule has 1 aromatic carbocycles. The lowest BCUT2D eigenvalue weighted by Crippen LogP contribution is -2.33. The van der Waals surface area contributed by atoms with Gasteiger partial charge in [0.15, 0.2) is 0 Å². The Balaban J connectivity index is 1.81. The van der Waals surface area contributed by atoms with Crippen molar-refractivity contribution in [3.63, 3.8) is 0 Å².